The van der Waals surface area contributed by atoms with Crippen LogP contribution < -0.4 is 5.73 Å². The van der Waals surface area contributed by atoms with Gasteiger partial charge in [-0.1, -0.05) is 58.0 Å². The van der Waals surface area contributed by atoms with Crippen LogP contribution in [0.25, 0.3) is 0 Å². The summed E-state index contributed by atoms with van der Waals surface area (Å²) in [7, 11) is 0. The fourth-order valence-corrected chi connectivity index (χ4v) is 2.52. The van der Waals surface area contributed by atoms with E-state index in [2.05, 4.69) is 38.7 Å². The van der Waals surface area contributed by atoms with Crippen molar-refractivity contribution in [3.05, 3.63) is 35.9 Å². The summed E-state index contributed by atoms with van der Waals surface area (Å²) in [6, 6.07) is 12.0. The van der Waals surface area contributed by atoms with Gasteiger partial charge in [-0.3, -0.25) is 4.90 Å². The van der Waals surface area contributed by atoms with Crippen molar-refractivity contribution in [2.75, 3.05) is 19.6 Å². The van der Waals surface area contributed by atoms with Gasteiger partial charge in [-0.25, -0.2) is 0 Å². The summed E-state index contributed by atoms with van der Waals surface area (Å²) in [6.45, 7) is 11.3. The summed E-state index contributed by atoms with van der Waals surface area (Å²) in [5.41, 5.74) is 6.32. The van der Waals surface area contributed by atoms with Crippen molar-refractivity contribution in [3.63, 3.8) is 0 Å². The highest BCUT2D eigenvalue weighted by Gasteiger charge is 2.30. The van der Waals surface area contributed by atoms with Crippen molar-refractivity contribution in [3.8, 4) is 6.07 Å². The monoisotopic (exact) mass is 273 g/mol. The lowest BCUT2D eigenvalue weighted by atomic mass is 9.91. The second-order valence-corrected chi connectivity index (χ2v) is 6.43. The quantitative estimate of drug-likeness (QED) is 0.831. The van der Waals surface area contributed by atoms with Gasteiger partial charge < -0.3 is 5.73 Å². The molecular weight excluding hydrogens is 246 g/mol. The van der Waals surface area contributed by atoms with Crippen LogP contribution in [0.1, 0.15) is 33.3 Å². The molecule has 20 heavy (non-hydrogen) atoms. The molecule has 1 rings (SSSR count). The molecule has 110 valence electrons. The smallest absolute Gasteiger partial charge is 0.142 e. The number of rotatable bonds is 7. The van der Waals surface area contributed by atoms with Gasteiger partial charge in [0.15, 0.2) is 0 Å². The maximum Gasteiger partial charge on any atom is 0.142 e. The van der Waals surface area contributed by atoms with Crippen LogP contribution in [0, 0.1) is 23.2 Å². The maximum atomic E-state index is 9.55. The normalized spacial score (nSPS) is 14.6. The van der Waals surface area contributed by atoms with E-state index in [0.29, 0.717) is 18.4 Å². The van der Waals surface area contributed by atoms with Gasteiger partial charge in [-0.2, -0.15) is 5.26 Å². The van der Waals surface area contributed by atoms with Gasteiger partial charge in [0.2, 0.25) is 0 Å². The fourth-order valence-electron chi connectivity index (χ4n) is 2.52. The van der Waals surface area contributed by atoms with E-state index in [1.54, 1.807) is 0 Å². The standard InChI is InChI=1S/C17H27N3/c1-14(2)10-20(11-15(3)4)13-17(19,12-18)16-8-6-5-7-9-16/h5-9,14-15H,10-11,13,19H2,1-4H3. The maximum absolute atomic E-state index is 9.55. The van der Waals surface area contributed by atoms with Crippen LogP contribution in [0.4, 0.5) is 0 Å². The molecule has 0 aliphatic heterocycles. The first-order chi connectivity index (χ1) is 9.37. The molecule has 0 aliphatic carbocycles. The second kappa shape index (κ2) is 7.42. The van der Waals surface area contributed by atoms with Gasteiger partial charge in [0.05, 0.1) is 6.07 Å². The summed E-state index contributed by atoms with van der Waals surface area (Å²) in [6.07, 6.45) is 0. The average Bonchev–Trinajstić information content (AvgIpc) is 2.38. The van der Waals surface area contributed by atoms with Gasteiger partial charge in [0.25, 0.3) is 0 Å². The van der Waals surface area contributed by atoms with Crippen LogP contribution in [0.15, 0.2) is 30.3 Å². The molecule has 0 heterocycles. The van der Waals surface area contributed by atoms with Gasteiger partial charge in [0.1, 0.15) is 5.54 Å². The summed E-state index contributed by atoms with van der Waals surface area (Å²) < 4.78 is 0. The molecule has 0 saturated carbocycles. The predicted molar refractivity (Wildman–Crippen MR) is 84.0 cm³/mol. The van der Waals surface area contributed by atoms with E-state index in [9.17, 15) is 5.26 Å². The van der Waals surface area contributed by atoms with E-state index in [-0.39, 0.29) is 0 Å². The first kappa shape index (κ1) is 16.7. The Labute approximate surface area is 123 Å². The lowest BCUT2D eigenvalue weighted by molar-refractivity contribution is 0.190. The highest BCUT2D eigenvalue weighted by Crippen LogP contribution is 2.20. The summed E-state index contributed by atoms with van der Waals surface area (Å²) in [4.78, 5) is 2.31. The number of nitriles is 1. The summed E-state index contributed by atoms with van der Waals surface area (Å²) in [5.74, 6) is 1.12. The van der Waals surface area contributed by atoms with Crippen molar-refractivity contribution in [1.82, 2.24) is 4.90 Å². The molecule has 0 amide bonds. The Morgan fingerprint density at radius 2 is 1.60 bits per heavy atom. The minimum Gasteiger partial charge on any atom is -0.309 e. The molecule has 3 heteroatoms. The number of hydrogen-bond acceptors (Lipinski definition) is 3. The molecule has 0 bridgehead atoms. The van der Waals surface area contributed by atoms with Gasteiger partial charge in [-0.15, -0.1) is 0 Å². The molecule has 0 spiro atoms. The highest BCUT2D eigenvalue weighted by atomic mass is 15.1. The molecule has 0 aromatic heterocycles. The number of hydrogen-bond donors (Lipinski definition) is 1. The van der Waals surface area contributed by atoms with Crippen molar-refractivity contribution in [2.45, 2.75) is 33.2 Å². The van der Waals surface area contributed by atoms with Gasteiger partial charge in [-0.05, 0) is 17.4 Å². The largest absolute Gasteiger partial charge is 0.309 e. The van der Waals surface area contributed by atoms with E-state index < -0.39 is 5.54 Å². The Hall–Kier alpha value is -1.37. The molecule has 3 nitrogen and oxygen atoms in total. The molecule has 1 atom stereocenters. The SMILES string of the molecule is CC(C)CN(CC(C)C)CC(N)(C#N)c1ccccc1. The van der Waals surface area contributed by atoms with Gasteiger partial charge in [0, 0.05) is 19.6 Å². The minimum absolute atomic E-state index is 0.562. The van der Waals surface area contributed by atoms with E-state index in [4.69, 9.17) is 5.73 Å². The van der Waals surface area contributed by atoms with Crippen LogP contribution >= 0.6 is 0 Å². The third kappa shape index (κ3) is 4.96. The Bertz CT molecular complexity index is 423. The lowest BCUT2D eigenvalue weighted by Crippen LogP contribution is -2.48. The summed E-state index contributed by atoms with van der Waals surface area (Å²) >= 11 is 0. The zero-order valence-corrected chi connectivity index (χ0v) is 13.1. The van der Waals surface area contributed by atoms with Crippen LogP contribution in [0.3, 0.4) is 0 Å². The van der Waals surface area contributed by atoms with E-state index in [1.807, 2.05) is 30.3 Å². The van der Waals surface area contributed by atoms with Crippen molar-refractivity contribution in [2.24, 2.45) is 17.6 Å². The average molecular weight is 273 g/mol. The third-order valence-corrected chi connectivity index (χ3v) is 3.21. The second-order valence-electron chi connectivity index (χ2n) is 6.43. The van der Waals surface area contributed by atoms with Crippen LogP contribution in [0.2, 0.25) is 0 Å². The molecule has 0 radical (unpaired) electrons. The predicted octanol–water partition coefficient (Wildman–Crippen LogP) is 2.98. The minimum atomic E-state index is -0.939. The fraction of sp³-hybridized carbons (Fsp3) is 0.588. The topological polar surface area (TPSA) is 53.0 Å². The third-order valence-electron chi connectivity index (χ3n) is 3.21. The molecular formula is C17H27N3. The van der Waals surface area contributed by atoms with Crippen molar-refractivity contribution < 1.29 is 0 Å². The molecule has 2 N–H and O–H groups in total. The highest BCUT2D eigenvalue weighted by molar-refractivity contribution is 5.31. The van der Waals surface area contributed by atoms with Gasteiger partial charge >= 0.3 is 0 Å². The first-order valence-corrected chi connectivity index (χ1v) is 7.35. The van der Waals surface area contributed by atoms with Crippen LogP contribution in [-0.2, 0) is 5.54 Å². The van der Waals surface area contributed by atoms with Crippen LogP contribution in [0.5, 0.6) is 0 Å². The number of benzene rings is 1. The zero-order chi connectivity index (χ0) is 15.2. The molecule has 0 aliphatic rings. The van der Waals surface area contributed by atoms with Crippen molar-refractivity contribution >= 4 is 0 Å². The Kier molecular flexibility index (Phi) is 6.19. The first-order valence-electron chi connectivity index (χ1n) is 7.35. The molecule has 0 fully saturated rings. The Morgan fingerprint density at radius 3 is 2.00 bits per heavy atom. The van der Waals surface area contributed by atoms with E-state index >= 15 is 0 Å². The summed E-state index contributed by atoms with van der Waals surface area (Å²) in [5, 5.41) is 9.55. The number of nitrogens with two attached hydrogens (primary N) is 1. The Balaban J connectivity index is 2.90. The molecule has 1 unspecified atom stereocenters. The Morgan fingerprint density at radius 1 is 1.10 bits per heavy atom. The molecule has 1 aromatic carbocycles. The van der Waals surface area contributed by atoms with E-state index in [1.165, 1.54) is 0 Å². The van der Waals surface area contributed by atoms with E-state index in [0.717, 1.165) is 18.7 Å². The van der Waals surface area contributed by atoms with Crippen LogP contribution in [-0.4, -0.2) is 24.5 Å². The molecule has 0 saturated heterocycles. The molecule has 1 aromatic rings. The number of nitrogens with zero attached hydrogens (tertiary/aromatic N) is 2. The van der Waals surface area contributed by atoms with Crippen molar-refractivity contribution in [1.29, 1.82) is 5.26 Å². The zero-order valence-electron chi connectivity index (χ0n) is 13.1. The lowest BCUT2D eigenvalue weighted by Gasteiger charge is -2.33.